The van der Waals surface area contributed by atoms with Crippen molar-refractivity contribution < 1.29 is 4.74 Å². The molecule has 0 aliphatic carbocycles. The number of para-hydroxylation sites is 1. The number of halogens is 1. The van der Waals surface area contributed by atoms with Gasteiger partial charge >= 0.3 is 0 Å². The average Bonchev–Trinajstić information content (AvgIpc) is 3.20. The van der Waals surface area contributed by atoms with E-state index in [4.69, 9.17) is 16.3 Å². The van der Waals surface area contributed by atoms with Crippen molar-refractivity contribution in [2.75, 3.05) is 31.6 Å². The van der Waals surface area contributed by atoms with Crippen molar-refractivity contribution in [3.63, 3.8) is 0 Å². The molecule has 1 heterocycles. The molecule has 3 aromatic carbocycles. The molecule has 3 aromatic rings. The molecule has 1 fully saturated rings. The van der Waals surface area contributed by atoms with Crippen LogP contribution in [0.5, 0.6) is 5.75 Å². The zero-order chi connectivity index (χ0) is 20.1. The first-order valence-electron chi connectivity index (χ1n) is 10.2. The minimum Gasteiger partial charge on any atom is -0.495 e. The maximum atomic E-state index is 6.28. The molecule has 150 valence electrons. The summed E-state index contributed by atoms with van der Waals surface area (Å²) >= 11 is 6.28. The minimum atomic E-state index is 0.553. The Morgan fingerprint density at radius 1 is 0.897 bits per heavy atom. The van der Waals surface area contributed by atoms with Gasteiger partial charge in [0.15, 0.2) is 0 Å². The standard InChI is InChI=1S/C25H27ClN2O/c1-29-25-15-23(12-13-24(25)26)28(22-10-6-3-7-11-22)18-21-17-27-16-20(21)14-19-8-4-2-5-9-19/h2-13,15,20-21,27H,14,16-18H2,1H3/t20-,21+/m0/s1. The molecule has 0 bridgehead atoms. The molecule has 1 aliphatic heterocycles. The summed E-state index contributed by atoms with van der Waals surface area (Å²) in [4.78, 5) is 2.38. The summed E-state index contributed by atoms with van der Waals surface area (Å²) in [5.74, 6) is 1.87. The summed E-state index contributed by atoms with van der Waals surface area (Å²) in [6.45, 7) is 3.04. The van der Waals surface area contributed by atoms with Crippen LogP contribution in [0.4, 0.5) is 11.4 Å². The van der Waals surface area contributed by atoms with E-state index >= 15 is 0 Å². The zero-order valence-corrected chi connectivity index (χ0v) is 17.5. The van der Waals surface area contributed by atoms with Gasteiger partial charge in [0.2, 0.25) is 0 Å². The Balaban J connectivity index is 1.60. The SMILES string of the molecule is COc1cc(N(C[C@H]2CNC[C@@H]2Cc2ccccc2)c2ccccc2)ccc1Cl. The molecule has 0 radical (unpaired) electrons. The molecule has 4 rings (SSSR count). The van der Waals surface area contributed by atoms with Crippen molar-refractivity contribution in [3.8, 4) is 5.75 Å². The van der Waals surface area contributed by atoms with Gasteiger partial charge in [-0.05, 0) is 61.2 Å². The Morgan fingerprint density at radius 2 is 1.59 bits per heavy atom. The fraction of sp³-hybridized carbons (Fsp3) is 0.280. The van der Waals surface area contributed by atoms with E-state index in [1.165, 1.54) is 11.3 Å². The lowest BCUT2D eigenvalue weighted by molar-refractivity contribution is 0.413. The van der Waals surface area contributed by atoms with E-state index in [-0.39, 0.29) is 0 Å². The molecule has 0 aromatic heterocycles. The Morgan fingerprint density at radius 3 is 2.31 bits per heavy atom. The van der Waals surface area contributed by atoms with Gasteiger partial charge in [-0.2, -0.15) is 0 Å². The number of benzene rings is 3. The van der Waals surface area contributed by atoms with Crippen LogP contribution >= 0.6 is 11.6 Å². The molecule has 0 saturated carbocycles. The van der Waals surface area contributed by atoms with Gasteiger partial charge in [-0.1, -0.05) is 60.1 Å². The van der Waals surface area contributed by atoms with E-state index in [0.29, 0.717) is 22.6 Å². The molecule has 2 atom stereocenters. The van der Waals surface area contributed by atoms with Crippen LogP contribution in [-0.4, -0.2) is 26.7 Å². The lowest BCUT2D eigenvalue weighted by atomic mass is 9.89. The zero-order valence-electron chi connectivity index (χ0n) is 16.7. The Kier molecular flexibility index (Phi) is 6.38. The first kappa shape index (κ1) is 19.8. The van der Waals surface area contributed by atoms with Crippen molar-refractivity contribution in [3.05, 3.63) is 89.4 Å². The number of hydrogen-bond donors (Lipinski definition) is 1. The maximum Gasteiger partial charge on any atom is 0.139 e. The minimum absolute atomic E-state index is 0.553. The smallest absolute Gasteiger partial charge is 0.139 e. The molecule has 1 saturated heterocycles. The van der Waals surface area contributed by atoms with Gasteiger partial charge in [-0.15, -0.1) is 0 Å². The summed E-state index contributed by atoms with van der Waals surface area (Å²) < 4.78 is 5.47. The van der Waals surface area contributed by atoms with Gasteiger partial charge in [-0.3, -0.25) is 0 Å². The predicted molar refractivity (Wildman–Crippen MR) is 121 cm³/mol. The van der Waals surface area contributed by atoms with Crippen LogP contribution in [0.25, 0.3) is 0 Å². The lowest BCUT2D eigenvalue weighted by Gasteiger charge is -2.30. The number of rotatable bonds is 7. The van der Waals surface area contributed by atoms with Gasteiger partial charge < -0.3 is 15.0 Å². The molecule has 0 unspecified atom stereocenters. The second kappa shape index (κ2) is 9.34. The summed E-state index contributed by atoms with van der Waals surface area (Å²) in [7, 11) is 1.66. The Hall–Kier alpha value is -2.49. The van der Waals surface area contributed by atoms with Crippen LogP contribution in [0.1, 0.15) is 5.56 Å². The monoisotopic (exact) mass is 406 g/mol. The van der Waals surface area contributed by atoms with Crippen molar-refractivity contribution in [2.24, 2.45) is 11.8 Å². The third-order valence-corrected chi connectivity index (χ3v) is 6.06. The van der Waals surface area contributed by atoms with Crippen LogP contribution in [0.15, 0.2) is 78.9 Å². The molecule has 3 nitrogen and oxygen atoms in total. The Bertz CT molecular complexity index is 917. The van der Waals surface area contributed by atoms with Crippen molar-refractivity contribution in [2.45, 2.75) is 6.42 Å². The number of hydrogen-bond acceptors (Lipinski definition) is 3. The first-order chi connectivity index (χ1) is 14.2. The van der Waals surface area contributed by atoms with E-state index < -0.39 is 0 Å². The van der Waals surface area contributed by atoms with E-state index in [2.05, 4.69) is 76.9 Å². The topological polar surface area (TPSA) is 24.5 Å². The fourth-order valence-electron chi connectivity index (χ4n) is 4.18. The van der Waals surface area contributed by atoms with E-state index in [1.54, 1.807) is 7.11 Å². The molecule has 4 heteroatoms. The number of methoxy groups -OCH3 is 1. The van der Waals surface area contributed by atoms with Crippen molar-refractivity contribution in [1.29, 1.82) is 0 Å². The molecule has 29 heavy (non-hydrogen) atoms. The quantitative estimate of drug-likeness (QED) is 0.555. The molecular formula is C25H27ClN2O. The Labute approximate surface area is 178 Å². The summed E-state index contributed by atoms with van der Waals surface area (Å²) in [6, 6.07) is 27.4. The van der Waals surface area contributed by atoms with Gasteiger partial charge in [0.25, 0.3) is 0 Å². The average molecular weight is 407 g/mol. The lowest BCUT2D eigenvalue weighted by Crippen LogP contribution is -2.30. The summed E-state index contributed by atoms with van der Waals surface area (Å²) in [5.41, 5.74) is 3.69. The number of nitrogens with one attached hydrogen (secondary N) is 1. The summed E-state index contributed by atoms with van der Waals surface area (Å²) in [5, 5.41) is 4.24. The second-order valence-electron chi connectivity index (χ2n) is 7.63. The van der Waals surface area contributed by atoms with E-state index in [9.17, 15) is 0 Å². The van der Waals surface area contributed by atoms with Gasteiger partial charge in [0, 0.05) is 24.0 Å². The highest BCUT2D eigenvalue weighted by atomic mass is 35.5. The van der Waals surface area contributed by atoms with Crippen molar-refractivity contribution in [1.82, 2.24) is 5.32 Å². The third kappa shape index (κ3) is 4.75. The van der Waals surface area contributed by atoms with Crippen LogP contribution in [0.3, 0.4) is 0 Å². The molecule has 0 spiro atoms. The molecule has 1 aliphatic rings. The second-order valence-corrected chi connectivity index (χ2v) is 8.04. The van der Waals surface area contributed by atoms with Gasteiger partial charge in [0.1, 0.15) is 5.75 Å². The van der Waals surface area contributed by atoms with E-state index in [1.807, 2.05) is 12.1 Å². The highest BCUT2D eigenvalue weighted by molar-refractivity contribution is 6.32. The van der Waals surface area contributed by atoms with Crippen molar-refractivity contribution >= 4 is 23.0 Å². The normalized spacial score (nSPS) is 18.6. The maximum absolute atomic E-state index is 6.28. The number of anilines is 2. The molecule has 1 N–H and O–H groups in total. The van der Waals surface area contributed by atoms with Crippen LogP contribution in [0.2, 0.25) is 5.02 Å². The molecular weight excluding hydrogens is 380 g/mol. The fourth-order valence-corrected chi connectivity index (χ4v) is 4.37. The van der Waals surface area contributed by atoms with E-state index in [0.717, 1.165) is 31.7 Å². The predicted octanol–water partition coefficient (Wildman–Crippen LogP) is 5.57. The van der Waals surface area contributed by atoms with Crippen LogP contribution in [-0.2, 0) is 6.42 Å². The highest BCUT2D eigenvalue weighted by Gasteiger charge is 2.29. The van der Waals surface area contributed by atoms with Crippen LogP contribution in [0, 0.1) is 11.8 Å². The third-order valence-electron chi connectivity index (χ3n) is 5.75. The molecule has 0 amide bonds. The highest BCUT2D eigenvalue weighted by Crippen LogP contribution is 2.35. The number of nitrogens with zero attached hydrogens (tertiary/aromatic N) is 1. The van der Waals surface area contributed by atoms with Gasteiger partial charge in [-0.25, -0.2) is 0 Å². The van der Waals surface area contributed by atoms with Crippen LogP contribution < -0.4 is 15.0 Å². The van der Waals surface area contributed by atoms with Gasteiger partial charge in [0.05, 0.1) is 12.1 Å². The number of ether oxygens (including phenoxy) is 1. The summed E-state index contributed by atoms with van der Waals surface area (Å²) in [6.07, 6.45) is 1.10. The largest absolute Gasteiger partial charge is 0.495 e. The first-order valence-corrected chi connectivity index (χ1v) is 10.5.